The highest BCUT2D eigenvalue weighted by Gasteiger charge is 1.95. The molecule has 0 N–H and O–H groups in total. The molecule has 0 radical (unpaired) electrons. The van der Waals surface area contributed by atoms with Crippen LogP contribution >= 0.6 is 0 Å². The van der Waals surface area contributed by atoms with Crippen LogP contribution in [0.15, 0.2) is 24.3 Å². The first-order valence-electron chi connectivity index (χ1n) is 6.38. The normalized spacial score (nSPS) is 10.3. The quantitative estimate of drug-likeness (QED) is 0.477. The van der Waals surface area contributed by atoms with Crippen LogP contribution in [0.3, 0.4) is 0 Å². The molecule has 1 aromatic carbocycles. The second kappa shape index (κ2) is 8.09. The molecule has 0 atom stereocenters. The van der Waals surface area contributed by atoms with E-state index in [1.54, 1.807) is 0 Å². The predicted octanol–water partition coefficient (Wildman–Crippen LogP) is 3.94. The standard InChI is InChI=1S/C15H22O/c1-2-3-4-7-14-9-11-15(12-10-14)8-5-6-13-16/h9-13H,2-8H2,1H3. The fraction of sp³-hybridized carbons (Fsp3) is 0.533. The van der Waals surface area contributed by atoms with Crippen molar-refractivity contribution in [2.45, 2.75) is 51.9 Å². The third-order valence-electron chi connectivity index (χ3n) is 2.88. The molecule has 0 saturated heterocycles. The van der Waals surface area contributed by atoms with Gasteiger partial charge in [0.05, 0.1) is 0 Å². The lowest BCUT2D eigenvalue weighted by molar-refractivity contribution is -0.107. The molecule has 88 valence electrons. The summed E-state index contributed by atoms with van der Waals surface area (Å²) in [7, 11) is 0. The Labute approximate surface area is 98.9 Å². The number of unbranched alkanes of at least 4 members (excludes halogenated alkanes) is 3. The van der Waals surface area contributed by atoms with Gasteiger partial charge in [0.2, 0.25) is 0 Å². The van der Waals surface area contributed by atoms with E-state index in [0.29, 0.717) is 6.42 Å². The molecule has 0 unspecified atom stereocenters. The first kappa shape index (κ1) is 13.0. The van der Waals surface area contributed by atoms with Crippen molar-refractivity contribution < 1.29 is 4.79 Å². The Morgan fingerprint density at radius 1 is 0.938 bits per heavy atom. The van der Waals surface area contributed by atoms with Gasteiger partial charge in [0.1, 0.15) is 6.29 Å². The molecule has 0 aliphatic carbocycles. The number of aldehydes is 1. The average molecular weight is 218 g/mol. The van der Waals surface area contributed by atoms with Gasteiger partial charge in [-0.25, -0.2) is 0 Å². The van der Waals surface area contributed by atoms with E-state index in [2.05, 4.69) is 31.2 Å². The molecule has 0 heterocycles. The molecule has 0 fully saturated rings. The van der Waals surface area contributed by atoms with Crippen molar-refractivity contribution in [3.63, 3.8) is 0 Å². The summed E-state index contributed by atoms with van der Waals surface area (Å²) in [6, 6.07) is 8.86. The number of aryl methyl sites for hydroxylation is 2. The number of carbonyl (C=O) groups excluding carboxylic acids is 1. The fourth-order valence-corrected chi connectivity index (χ4v) is 1.84. The van der Waals surface area contributed by atoms with Crippen LogP contribution in [0, 0.1) is 0 Å². The summed E-state index contributed by atoms with van der Waals surface area (Å²) in [5.74, 6) is 0. The van der Waals surface area contributed by atoms with Crippen LogP contribution in [0.25, 0.3) is 0 Å². The highest BCUT2D eigenvalue weighted by molar-refractivity contribution is 5.49. The van der Waals surface area contributed by atoms with E-state index in [1.165, 1.54) is 36.8 Å². The summed E-state index contributed by atoms with van der Waals surface area (Å²) in [5.41, 5.74) is 2.79. The minimum atomic E-state index is 0.679. The van der Waals surface area contributed by atoms with Crippen LogP contribution in [0.4, 0.5) is 0 Å². The highest BCUT2D eigenvalue weighted by Crippen LogP contribution is 2.10. The first-order valence-corrected chi connectivity index (χ1v) is 6.38. The molecule has 1 nitrogen and oxygen atoms in total. The Kier molecular flexibility index (Phi) is 6.55. The van der Waals surface area contributed by atoms with Crippen LogP contribution in [-0.2, 0) is 17.6 Å². The van der Waals surface area contributed by atoms with Crippen molar-refractivity contribution >= 4 is 6.29 Å². The third-order valence-corrected chi connectivity index (χ3v) is 2.88. The maximum Gasteiger partial charge on any atom is 0.120 e. The van der Waals surface area contributed by atoms with Crippen molar-refractivity contribution in [2.24, 2.45) is 0 Å². The molecule has 0 spiro atoms. The van der Waals surface area contributed by atoms with Gasteiger partial charge in [-0.05, 0) is 36.8 Å². The Bertz CT molecular complexity index is 287. The molecule has 1 rings (SSSR count). The van der Waals surface area contributed by atoms with E-state index >= 15 is 0 Å². The minimum absolute atomic E-state index is 0.679. The summed E-state index contributed by atoms with van der Waals surface area (Å²) in [5, 5.41) is 0. The summed E-state index contributed by atoms with van der Waals surface area (Å²) in [6.07, 6.45) is 8.76. The lowest BCUT2D eigenvalue weighted by atomic mass is 10.0. The Morgan fingerprint density at radius 3 is 2.00 bits per heavy atom. The number of rotatable bonds is 8. The molecule has 16 heavy (non-hydrogen) atoms. The summed E-state index contributed by atoms with van der Waals surface area (Å²) in [6.45, 7) is 2.23. The number of hydrogen-bond donors (Lipinski definition) is 0. The molecule has 1 heteroatoms. The van der Waals surface area contributed by atoms with E-state index in [1.807, 2.05) is 0 Å². The smallest absolute Gasteiger partial charge is 0.120 e. The Hall–Kier alpha value is -1.11. The lowest BCUT2D eigenvalue weighted by Gasteiger charge is -2.03. The zero-order chi connectivity index (χ0) is 11.6. The topological polar surface area (TPSA) is 17.1 Å². The van der Waals surface area contributed by atoms with Gasteiger partial charge in [-0.3, -0.25) is 0 Å². The van der Waals surface area contributed by atoms with Crippen molar-refractivity contribution in [3.8, 4) is 0 Å². The van der Waals surface area contributed by atoms with Crippen molar-refractivity contribution in [1.82, 2.24) is 0 Å². The second-order valence-electron chi connectivity index (χ2n) is 4.33. The molecular weight excluding hydrogens is 196 g/mol. The molecule has 0 aromatic heterocycles. The first-order chi connectivity index (χ1) is 7.86. The van der Waals surface area contributed by atoms with Gasteiger partial charge in [0.25, 0.3) is 0 Å². The molecule has 0 bridgehead atoms. The second-order valence-corrected chi connectivity index (χ2v) is 4.33. The van der Waals surface area contributed by atoms with Gasteiger partial charge in [0, 0.05) is 6.42 Å². The third kappa shape index (κ3) is 5.11. The van der Waals surface area contributed by atoms with E-state index in [0.717, 1.165) is 19.1 Å². The van der Waals surface area contributed by atoms with Crippen LogP contribution in [0.1, 0.15) is 50.2 Å². The van der Waals surface area contributed by atoms with E-state index < -0.39 is 0 Å². The Morgan fingerprint density at radius 2 is 1.50 bits per heavy atom. The molecule has 0 saturated carbocycles. The molecule has 0 aliphatic rings. The van der Waals surface area contributed by atoms with Gasteiger partial charge in [-0.2, -0.15) is 0 Å². The van der Waals surface area contributed by atoms with Gasteiger partial charge in [0.15, 0.2) is 0 Å². The predicted molar refractivity (Wildman–Crippen MR) is 68.7 cm³/mol. The van der Waals surface area contributed by atoms with Gasteiger partial charge in [-0.1, -0.05) is 44.0 Å². The van der Waals surface area contributed by atoms with E-state index in [4.69, 9.17) is 0 Å². The van der Waals surface area contributed by atoms with Gasteiger partial charge >= 0.3 is 0 Å². The zero-order valence-electron chi connectivity index (χ0n) is 10.2. The van der Waals surface area contributed by atoms with Crippen LogP contribution in [-0.4, -0.2) is 6.29 Å². The van der Waals surface area contributed by atoms with Crippen molar-refractivity contribution in [3.05, 3.63) is 35.4 Å². The summed E-state index contributed by atoms with van der Waals surface area (Å²) < 4.78 is 0. The van der Waals surface area contributed by atoms with Crippen molar-refractivity contribution in [2.75, 3.05) is 0 Å². The largest absolute Gasteiger partial charge is 0.303 e. The zero-order valence-corrected chi connectivity index (χ0v) is 10.2. The number of benzene rings is 1. The maximum atomic E-state index is 10.2. The molecule has 1 aromatic rings. The summed E-state index contributed by atoms with van der Waals surface area (Å²) in [4.78, 5) is 10.2. The van der Waals surface area contributed by atoms with Crippen molar-refractivity contribution in [1.29, 1.82) is 0 Å². The average Bonchev–Trinajstić information content (AvgIpc) is 2.32. The number of carbonyl (C=O) groups is 1. The van der Waals surface area contributed by atoms with Gasteiger partial charge < -0.3 is 4.79 Å². The minimum Gasteiger partial charge on any atom is -0.303 e. The highest BCUT2D eigenvalue weighted by atomic mass is 16.1. The van der Waals surface area contributed by atoms with Crippen LogP contribution in [0.2, 0.25) is 0 Å². The molecular formula is C15H22O. The van der Waals surface area contributed by atoms with E-state index in [9.17, 15) is 4.79 Å². The fourth-order valence-electron chi connectivity index (χ4n) is 1.84. The maximum absolute atomic E-state index is 10.2. The van der Waals surface area contributed by atoms with Crippen LogP contribution < -0.4 is 0 Å². The monoisotopic (exact) mass is 218 g/mol. The Balaban J connectivity index is 2.32. The molecule has 0 aliphatic heterocycles. The summed E-state index contributed by atoms with van der Waals surface area (Å²) >= 11 is 0. The SMILES string of the molecule is CCCCCc1ccc(CCCC=O)cc1. The molecule has 0 amide bonds. The van der Waals surface area contributed by atoms with Gasteiger partial charge in [-0.15, -0.1) is 0 Å². The van der Waals surface area contributed by atoms with E-state index in [-0.39, 0.29) is 0 Å². The lowest BCUT2D eigenvalue weighted by Crippen LogP contribution is -1.89. The van der Waals surface area contributed by atoms with Crippen LogP contribution in [0.5, 0.6) is 0 Å². The number of hydrogen-bond acceptors (Lipinski definition) is 1.